The zero-order chi connectivity index (χ0) is 33.9. The van der Waals surface area contributed by atoms with Crippen LogP contribution < -0.4 is 15.9 Å². The summed E-state index contributed by atoms with van der Waals surface area (Å²) in [5, 5.41) is 5.53. The summed E-state index contributed by atoms with van der Waals surface area (Å²) in [4.78, 5) is 18.2. The molecule has 0 aliphatic carbocycles. The molecule has 1 heterocycles. The van der Waals surface area contributed by atoms with E-state index in [4.69, 9.17) is 15.3 Å². The number of ether oxygens (including phenoxy) is 2. The number of carbonyl (C=O) groups excluding carboxylic acids is 1. The number of nitrogens with two attached hydrogens (primary N) is 1. The van der Waals surface area contributed by atoms with Crippen molar-refractivity contribution in [2.24, 2.45) is 10.9 Å². The zero-order valence-corrected chi connectivity index (χ0v) is 29.9. The lowest BCUT2D eigenvalue weighted by Crippen LogP contribution is -2.37. The molecule has 0 aliphatic heterocycles. The number of thioether (sulfide) groups is 1. The van der Waals surface area contributed by atoms with Gasteiger partial charge in [0, 0.05) is 5.39 Å². The van der Waals surface area contributed by atoms with Gasteiger partial charge in [-0.2, -0.15) is 0 Å². The van der Waals surface area contributed by atoms with Gasteiger partial charge in [0.2, 0.25) is 5.91 Å². The number of nitrogens with zero attached hydrogens (tertiary/aromatic N) is 3. The number of hydrogen-bond donors (Lipinski definition) is 2. The number of allylic oxidation sites excluding steroid dienone is 3. The molecule has 0 fully saturated rings. The quantitative estimate of drug-likeness (QED) is 0.0725. The van der Waals surface area contributed by atoms with Crippen molar-refractivity contribution in [2.75, 3.05) is 46.0 Å². The topological polar surface area (TPSA) is 94.1 Å². The van der Waals surface area contributed by atoms with Gasteiger partial charge in [0.15, 0.2) is 5.17 Å². The molecule has 3 N–H and O–H groups in total. The number of rotatable bonds is 11. The van der Waals surface area contributed by atoms with Gasteiger partial charge in [0.25, 0.3) is 0 Å². The summed E-state index contributed by atoms with van der Waals surface area (Å²) in [6.45, 7) is 20.3. The third-order valence-corrected chi connectivity index (χ3v) is 7.45. The first-order valence-corrected chi connectivity index (χ1v) is 16.8. The first-order valence-electron chi connectivity index (χ1n) is 15.6. The number of para-hydroxylation sites is 1. The van der Waals surface area contributed by atoms with Crippen molar-refractivity contribution >= 4 is 44.6 Å². The van der Waals surface area contributed by atoms with E-state index in [1.54, 1.807) is 11.8 Å². The van der Waals surface area contributed by atoms with Gasteiger partial charge in [-0.15, -0.1) is 0 Å². The Morgan fingerprint density at radius 2 is 1.80 bits per heavy atom. The lowest BCUT2D eigenvalue weighted by Gasteiger charge is -2.14. The molecular weight excluding hydrogens is 582 g/mol. The SMILES string of the molecule is C=C(N=C(NC(=O)CN(C)CC)SC)/C(=C\C(C)=C/C)OC.CCC.CCC(C)COc1cccc2c1c1ccccc1n2N. The van der Waals surface area contributed by atoms with E-state index < -0.39 is 0 Å². The summed E-state index contributed by atoms with van der Waals surface area (Å²) in [5.74, 6) is 8.13. The van der Waals surface area contributed by atoms with E-state index in [0.717, 1.165) is 52.7 Å². The number of nitrogens with one attached hydrogen (secondary N) is 1. The molecule has 9 heteroatoms. The number of carbonyl (C=O) groups is 1. The molecule has 3 rings (SSSR count). The van der Waals surface area contributed by atoms with Crippen molar-refractivity contribution < 1.29 is 14.3 Å². The number of aliphatic imine (C=N–C) groups is 1. The Balaban J connectivity index is 0.000000414. The molecule has 1 amide bonds. The van der Waals surface area contributed by atoms with Crippen LogP contribution in [0.5, 0.6) is 5.75 Å². The Kier molecular flexibility index (Phi) is 18.5. The second-order valence-electron chi connectivity index (χ2n) is 10.8. The Bertz CT molecular complexity index is 1460. The van der Waals surface area contributed by atoms with Gasteiger partial charge in [-0.05, 0) is 63.9 Å². The highest BCUT2D eigenvalue weighted by Crippen LogP contribution is 2.34. The summed E-state index contributed by atoms with van der Waals surface area (Å²) in [6, 6.07) is 14.2. The molecule has 0 bridgehead atoms. The first kappa shape index (κ1) is 39.3. The van der Waals surface area contributed by atoms with Crippen LogP contribution in [-0.2, 0) is 9.53 Å². The highest BCUT2D eigenvalue weighted by molar-refractivity contribution is 8.13. The molecule has 8 nitrogen and oxygen atoms in total. The molecule has 0 saturated carbocycles. The van der Waals surface area contributed by atoms with Crippen LogP contribution in [-0.4, -0.2) is 60.8 Å². The number of methoxy groups -OCH3 is 1. The van der Waals surface area contributed by atoms with Gasteiger partial charge in [-0.3, -0.25) is 14.4 Å². The summed E-state index contributed by atoms with van der Waals surface area (Å²) in [6.07, 6.45) is 8.04. The summed E-state index contributed by atoms with van der Waals surface area (Å²) in [5.41, 5.74) is 3.56. The Hall–Kier alpha value is -3.69. The van der Waals surface area contributed by atoms with E-state index >= 15 is 0 Å². The Labute approximate surface area is 275 Å². The molecule has 0 spiro atoms. The van der Waals surface area contributed by atoms with Gasteiger partial charge in [-0.25, -0.2) is 4.99 Å². The first-order chi connectivity index (χ1) is 21.5. The average Bonchev–Trinajstić information content (AvgIpc) is 3.34. The van der Waals surface area contributed by atoms with E-state index in [0.29, 0.717) is 29.1 Å². The van der Waals surface area contributed by atoms with E-state index in [1.807, 2.05) is 87.5 Å². The van der Waals surface area contributed by atoms with Crippen LogP contribution in [0, 0.1) is 5.92 Å². The number of aromatic nitrogens is 1. The summed E-state index contributed by atoms with van der Waals surface area (Å²) in [7, 11) is 3.46. The number of nitrogen functional groups attached to an aromatic ring is 1. The highest BCUT2D eigenvalue weighted by atomic mass is 32.2. The predicted molar refractivity (Wildman–Crippen MR) is 196 cm³/mol. The Morgan fingerprint density at radius 1 is 1.16 bits per heavy atom. The van der Waals surface area contributed by atoms with Gasteiger partial charge in [0.1, 0.15) is 17.2 Å². The molecule has 0 aliphatic rings. The molecule has 3 aromatic rings. The van der Waals surface area contributed by atoms with Crippen molar-refractivity contribution in [3.05, 3.63) is 78.2 Å². The number of fused-ring (bicyclic) bond motifs is 3. The zero-order valence-electron chi connectivity index (χ0n) is 29.1. The molecule has 2 aromatic carbocycles. The van der Waals surface area contributed by atoms with Crippen LogP contribution in [0.4, 0.5) is 0 Å². The monoisotopic (exact) mass is 637 g/mol. The van der Waals surface area contributed by atoms with E-state index in [2.05, 4.69) is 50.6 Å². The van der Waals surface area contributed by atoms with Crippen LogP contribution in [0.15, 0.2) is 83.2 Å². The van der Waals surface area contributed by atoms with Crippen molar-refractivity contribution in [3.8, 4) is 5.75 Å². The largest absolute Gasteiger partial charge is 0.495 e. The third-order valence-electron chi connectivity index (χ3n) is 6.86. The van der Waals surface area contributed by atoms with Crippen LogP contribution in [0.1, 0.15) is 61.3 Å². The second kappa shape index (κ2) is 21.1. The number of hydrogen-bond acceptors (Lipinski definition) is 7. The minimum absolute atomic E-state index is 0.0992. The van der Waals surface area contributed by atoms with E-state index in [1.165, 1.54) is 18.2 Å². The standard InChI is InChI=1S/C17H20N2O.C16H27N3O2S.C3H8/c1-3-12(2)11-20-16-10-6-9-15-17(16)13-7-4-5-8-14(13)19(15)18;1-8-12(3)10-14(21-6)13(4)17-16(22-7)18-15(20)11-19(5)9-2;1-3-2/h4-10,12H,3,11,18H2,1-2H3;8,10H,4,9,11H2,1-3,5-7H3,(H,17,18,20);3H2,1-2H3/b;12-8-,14-10+;. The number of amides is 1. The van der Waals surface area contributed by atoms with Crippen molar-refractivity contribution in [1.29, 1.82) is 0 Å². The highest BCUT2D eigenvalue weighted by Gasteiger charge is 2.13. The Morgan fingerprint density at radius 3 is 2.38 bits per heavy atom. The van der Waals surface area contributed by atoms with Crippen LogP contribution >= 0.6 is 11.8 Å². The molecule has 1 aromatic heterocycles. The minimum atomic E-state index is -0.0992. The van der Waals surface area contributed by atoms with Gasteiger partial charge >= 0.3 is 0 Å². The second-order valence-corrected chi connectivity index (χ2v) is 11.6. The number of benzene rings is 2. The van der Waals surface area contributed by atoms with Crippen molar-refractivity contribution in [3.63, 3.8) is 0 Å². The number of amidine groups is 1. The van der Waals surface area contributed by atoms with Gasteiger partial charge < -0.3 is 20.6 Å². The summed E-state index contributed by atoms with van der Waals surface area (Å²) >= 11 is 1.36. The predicted octanol–water partition coefficient (Wildman–Crippen LogP) is 8.13. The van der Waals surface area contributed by atoms with Crippen LogP contribution in [0.25, 0.3) is 21.8 Å². The fourth-order valence-corrected chi connectivity index (χ4v) is 4.27. The maximum atomic E-state index is 11.9. The molecular formula is C36H55N5O3S. The van der Waals surface area contributed by atoms with Crippen molar-refractivity contribution in [2.45, 2.75) is 61.3 Å². The average molecular weight is 638 g/mol. The van der Waals surface area contributed by atoms with Crippen molar-refractivity contribution in [1.82, 2.24) is 14.9 Å². The molecule has 0 radical (unpaired) electrons. The molecule has 1 unspecified atom stereocenters. The van der Waals surface area contributed by atoms with Gasteiger partial charge in [0.05, 0.1) is 36.7 Å². The maximum absolute atomic E-state index is 11.9. The summed E-state index contributed by atoms with van der Waals surface area (Å²) < 4.78 is 13.1. The third kappa shape index (κ3) is 12.7. The molecule has 248 valence electrons. The fourth-order valence-electron chi connectivity index (χ4n) is 3.85. The van der Waals surface area contributed by atoms with E-state index in [-0.39, 0.29) is 5.91 Å². The number of likely N-dealkylation sites (N-methyl/N-ethyl adjacent to an activating group) is 1. The van der Waals surface area contributed by atoms with Gasteiger partial charge in [-0.1, -0.05) is 102 Å². The molecule has 1 atom stereocenters. The molecule has 45 heavy (non-hydrogen) atoms. The van der Waals surface area contributed by atoms with Crippen LogP contribution in [0.3, 0.4) is 0 Å². The normalized spacial score (nSPS) is 12.6. The smallest absolute Gasteiger partial charge is 0.240 e. The lowest BCUT2D eigenvalue weighted by molar-refractivity contribution is -0.120. The minimum Gasteiger partial charge on any atom is -0.495 e. The van der Waals surface area contributed by atoms with Crippen LogP contribution in [0.2, 0.25) is 0 Å². The fraction of sp³-hybridized carbons (Fsp3) is 0.444. The maximum Gasteiger partial charge on any atom is 0.240 e. The molecule has 0 saturated heterocycles. The lowest BCUT2D eigenvalue weighted by atomic mass is 10.1. The van der Waals surface area contributed by atoms with E-state index in [9.17, 15) is 4.79 Å².